The fourth-order valence-electron chi connectivity index (χ4n) is 2.57. The van der Waals surface area contributed by atoms with E-state index in [4.69, 9.17) is 4.52 Å². The van der Waals surface area contributed by atoms with Crippen LogP contribution in [-0.2, 0) is 16.4 Å². The molecule has 0 aliphatic rings. The van der Waals surface area contributed by atoms with Crippen LogP contribution in [0.3, 0.4) is 0 Å². The monoisotopic (exact) mass is 397 g/mol. The lowest BCUT2D eigenvalue weighted by atomic mass is 10.1. The van der Waals surface area contributed by atoms with Crippen LogP contribution in [0.25, 0.3) is 10.7 Å². The number of anilines is 1. The number of para-hydroxylation sites is 1. The predicted molar refractivity (Wildman–Crippen MR) is 104 cm³/mol. The van der Waals surface area contributed by atoms with E-state index in [2.05, 4.69) is 14.9 Å². The highest BCUT2D eigenvalue weighted by atomic mass is 32.2. The number of hydrogen-bond acceptors (Lipinski definition) is 6. The molecule has 2 heterocycles. The first kappa shape index (κ1) is 17.4. The van der Waals surface area contributed by atoms with Gasteiger partial charge in [0.05, 0.1) is 21.9 Å². The first-order chi connectivity index (χ1) is 13.1. The van der Waals surface area contributed by atoms with E-state index < -0.39 is 10.0 Å². The standard InChI is InChI=1S/C19H15N3O3S2/c23-27(24,15-8-2-1-3-9-15)22-16-10-5-4-7-14(16)13-18-20-19(21-25-18)17-11-6-12-26-17/h1-12,22H,13H2. The molecule has 0 fully saturated rings. The minimum Gasteiger partial charge on any atom is -0.339 e. The number of sulfonamides is 1. The zero-order valence-corrected chi connectivity index (χ0v) is 15.7. The molecule has 0 amide bonds. The minimum atomic E-state index is -3.67. The number of thiophene rings is 1. The Hall–Kier alpha value is -2.97. The summed E-state index contributed by atoms with van der Waals surface area (Å²) >= 11 is 1.53. The highest BCUT2D eigenvalue weighted by Crippen LogP contribution is 2.25. The van der Waals surface area contributed by atoms with E-state index in [9.17, 15) is 8.42 Å². The molecule has 0 radical (unpaired) electrons. The van der Waals surface area contributed by atoms with Crippen molar-refractivity contribution in [1.82, 2.24) is 10.1 Å². The molecule has 4 rings (SSSR count). The quantitative estimate of drug-likeness (QED) is 0.527. The van der Waals surface area contributed by atoms with Gasteiger partial charge in [0.1, 0.15) is 0 Å². The Bertz CT molecular complexity index is 1140. The van der Waals surface area contributed by atoms with Crippen LogP contribution >= 0.6 is 11.3 Å². The molecule has 8 heteroatoms. The van der Waals surface area contributed by atoms with Gasteiger partial charge in [0.2, 0.25) is 11.7 Å². The maximum Gasteiger partial charge on any atom is 0.261 e. The molecule has 0 spiro atoms. The van der Waals surface area contributed by atoms with Gasteiger partial charge >= 0.3 is 0 Å². The van der Waals surface area contributed by atoms with Crippen molar-refractivity contribution in [2.75, 3.05) is 4.72 Å². The molecular formula is C19H15N3O3S2. The normalized spacial score (nSPS) is 11.4. The molecule has 0 aliphatic carbocycles. The molecule has 0 saturated heterocycles. The molecule has 1 N–H and O–H groups in total. The van der Waals surface area contributed by atoms with E-state index in [1.165, 1.54) is 11.3 Å². The van der Waals surface area contributed by atoms with Crippen molar-refractivity contribution < 1.29 is 12.9 Å². The summed E-state index contributed by atoms with van der Waals surface area (Å²) in [4.78, 5) is 5.52. The van der Waals surface area contributed by atoms with Crippen molar-refractivity contribution in [1.29, 1.82) is 0 Å². The molecule has 2 aromatic heterocycles. The van der Waals surface area contributed by atoms with Gasteiger partial charge in [-0.15, -0.1) is 11.3 Å². The Kier molecular flexibility index (Phi) is 4.74. The van der Waals surface area contributed by atoms with Crippen molar-refractivity contribution in [3.05, 3.63) is 83.6 Å². The predicted octanol–water partition coefficient (Wildman–Crippen LogP) is 4.19. The molecule has 0 atom stereocenters. The smallest absolute Gasteiger partial charge is 0.261 e. The Labute approximate surface area is 160 Å². The molecule has 0 unspecified atom stereocenters. The number of aromatic nitrogens is 2. The maximum atomic E-state index is 12.6. The van der Waals surface area contributed by atoms with E-state index in [1.54, 1.807) is 42.5 Å². The fraction of sp³-hybridized carbons (Fsp3) is 0.0526. The van der Waals surface area contributed by atoms with Gasteiger partial charge in [0.15, 0.2) is 0 Å². The van der Waals surface area contributed by atoms with Crippen LogP contribution in [0, 0.1) is 0 Å². The van der Waals surface area contributed by atoms with Gasteiger partial charge in [0.25, 0.3) is 10.0 Å². The molecule has 6 nitrogen and oxygen atoms in total. The fourth-order valence-corrected chi connectivity index (χ4v) is 4.34. The Morgan fingerprint density at radius 2 is 1.74 bits per heavy atom. The Morgan fingerprint density at radius 1 is 0.963 bits per heavy atom. The Morgan fingerprint density at radius 3 is 2.52 bits per heavy atom. The minimum absolute atomic E-state index is 0.206. The van der Waals surface area contributed by atoms with Gasteiger partial charge < -0.3 is 4.52 Å². The van der Waals surface area contributed by atoms with E-state index in [1.807, 2.05) is 29.6 Å². The molecule has 4 aromatic rings. The van der Waals surface area contributed by atoms with E-state index in [0.29, 0.717) is 23.8 Å². The average Bonchev–Trinajstić information content (AvgIpc) is 3.35. The SMILES string of the molecule is O=S(=O)(Nc1ccccc1Cc1nc(-c2cccs2)no1)c1ccccc1. The summed E-state index contributed by atoms with van der Waals surface area (Å²) in [6, 6.07) is 19.2. The van der Waals surface area contributed by atoms with Crippen LogP contribution in [-0.4, -0.2) is 18.6 Å². The van der Waals surface area contributed by atoms with Crippen LogP contribution in [0.5, 0.6) is 0 Å². The summed E-state index contributed by atoms with van der Waals surface area (Å²) in [5, 5.41) is 5.94. The van der Waals surface area contributed by atoms with Crippen molar-refractivity contribution in [3.63, 3.8) is 0 Å². The van der Waals surface area contributed by atoms with E-state index in [0.717, 1.165) is 10.4 Å². The second-order valence-electron chi connectivity index (χ2n) is 5.74. The lowest BCUT2D eigenvalue weighted by Crippen LogP contribution is -2.14. The van der Waals surface area contributed by atoms with Crippen molar-refractivity contribution in [2.45, 2.75) is 11.3 Å². The van der Waals surface area contributed by atoms with Crippen molar-refractivity contribution in [3.8, 4) is 10.7 Å². The molecule has 2 aromatic carbocycles. The highest BCUT2D eigenvalue weighted by molar-refractivity contribution is 7.92. The molecule has 0 aliphatic heterocycles. The van der Waals surface area contributed by atoms with Crippen LogP contribution in [0.1, 0.15) is 11.5 Å². The number of hydrogen-bond donors (Lipinski definition) is 1. The van der Waals surface area contributed by atoms with E-state index in [-0.39, 0.29) is 4.90 Å². The van der Waals surface area contributed by atoms with Gasteiger partial charge in [-0.2, -0.15) is 4.98 Å². The maximum absolute atomic E-state index is 12.6. The third-order valence-corrected chi connectivity index (χ3v) is 6.11. The van der Waals surface area contributed by atoms with Gasteiger partial charge in [-0.1, -0.05) is 47.6 Å². The van der Waals surface area contributed by atoms with E-state index >= 15 is 0 Å². The third kappa shape index (κ3) is 3.91. The summed E-state index contributed by atoms with van der Waals surface area (Å²) in [6.45, 7) is 0. The van der Waals surface area contributed by atoms with Crippen molar-refractivity contribution in [2.24, 2.45) is 0 Å². The van der Waals surface area contributed by atoms with Gasteiger partial charge in [-0.3, -0.25) is 4.72 Å². The first-order valence-corrected chi connectivity index (χ1v) is 10.5. The van der Waals surface area contributed by atoms with Gasteiger partial charge in [-0.25, -0.2) is 8.42 Å². The van der Waals surface area contributed by atoms with Crippen LogP contribution < -0.4 is 4.72 Å². The zero-order valence-electron chi connectivity index (χ0n) is 14.1. The summed E-state index contributed by atoms with van der Waals surface area (Å²) in [5.41, 5.74) is 1.23. The van der Waals surface area contributed by atoms with Crippen LogP contribution in [0.2, 0.25) is 0 Å². The number of nitrogens with zero attached hydrogens (tertiary/aromatic N) is 2. The topological polar surface area (TPSA) is 85.1 Å². The molecule has 27 heavy (non-hydrogen) atoms. The number of rotatable bonds is 6. The van der Waals surface area contributed by atoms with Crippen LogP contribution in [0.4, 0.5) is 5.69 Å². The highest BCUT2D eigenvalue weighted by Gasteiger charge is 2.17. The summed E-state index contributed by atoms with van der Waals surface area (Å²) in [5.74, 6) is 0.951. The lowest BCUT2D eigenvalue weighted by molar-refractivity contribution is 0.386. The molecular weight excluding hydrogens is 382 g/mol. The summed E-state index contributed by atoms with van der Waals surface area (Å²) in [6.07, 6.45) is 0.325. The lowest BCUT2D eigenvalue weighted by Gasteiger charge is -2.11. The molecule has 0 saturated carbocycles. The molecule has 136 valence electrons. The Balaban J connectivity index is 1.59. The molecule has 0 bridgehead atoms. The van der Waals surface area contributed by atoms with Crippen LogP contribution in [0.15, 0.2) is 81.5 Å². The summed E-state index contributed by atoms with van der Waals surface area (Å²) < 4.78 is 33.2. The van der Waals surface area contributed by atoms with Crippen molar-refractivity contribution >= 4 is 27.0 Å². The first-order valence-electron chi connectivity index (χ1n) is 8.14. The zero-order chi connectivity index (χ0) is 18.7. The number of nitrogens with one attached hydrogen (secondary N) is 1. The number of benzene rings is 2. The van der Waals surface area contributed by atoms with Gasteiger partial charge in [-0.05, 0) is 35.2 Å². The second-order valence-corrected chi connectivity index (χ2v) is 8.37. The average molecular weight is 397 g/mol. The van der Waals surface area contributed by atoms with Gasteiger partial charge in [0, 0.05) is 0 Å². The largest absolute Gasteiger partial charge is 0.339 e. The second kappa shape index (κ2) is 7.34. The summed E-state index contributed by atoms with van der Waals surface area (Å²) in [7, 11) is -3.67. The third-order valence-electron chi connectivity index (χ3n) is 3.87.